The van der Waals surface area contributed by atoms with Crippen molar-refractivity contribution in [3.05, 3.63) is 29.3 Å². The number of hydrazone groups is 1. The molecule has 0 aliphatic rings. The lowest BCUT2D eigenvalue weighted by Gasteiger charge is -2.03. The maximum absolute atomic E-state index is 11.3. The highest BCUT2D eigenvalue weighted by Gasteiger charge is 2.11. The predicted octanol–water partition coefficient (Wildman–Crippen LogP) is 0.346. The largest absolute Gasteiger partial charge is 0.507 e. The number of esters is 1. The van der Waals surface area contributed by atoms with E-state index in [-0.39, 0.29) is 16.4 Å². The van der Waals surface area contributed by atoms with E-state index in [4.69, 9.17) is 5.73 Å². The molecule has 7 heteroatoms. The van der Waals surface area contributed by atoms with Gasteiger partial charge in [0.2, 0.25) is 0 Å². The maximum Gasteiger partial charge on any atom is 0.341 e. The molecule has 90 valence electrons. The molecule has 0 amide bonds. The van der Waals surface area contributed by atoms with Crippen LogP contribution in [-0.2, 0) is 4.74 Å². The van der Waals surface area contributed by atoms with E-state index in [2.05, 4.69) is 27.5 Å². The average Bonchev–Trinajstić information content (AvgIpc) is 2.30. The molecule has 0 aliphatic carbocycles. The Morgan fingerprint density at radius 2 is 2.35 bits per heavy atom. The van der Waals surface area contributed by atoms with E-state index in [0.717, 1.165) is 0 Å². The van der Waals surface area contributed by atoms with Crippen LogP contribution in [0.15, 0.2) is 23.3 Å². The number of aromatic hydroxyl groups is 1. The van der Waals surface area contributed by atoms with Crippen molar-refractivity contribution in [1.82, 2.24) is 5.43 Å². The number of nitrogens with two attached hydrogens (primary N) is 1. The van der Waals surface area contributed by atoms with Crippen LogP contribution in [0.4, 0.5) is 0 Å². The quantitative estimate of drug-likeness (QED) is 0.311. The van der Waals surface area contributed by atoms with Gasteiger partial charge in [0.25, 0.3) is 0 Å². The van der Waals surface area contributed by atoms with E-state index in [0.29, 0.717) is 5.56 Å². The van der Waals surface area contributed by atoms with E-state index in [9.17, 15) is 9.90 Å². The second kappa shape index (κ2) is 5.80. The van der Waals surface area contributed by atoms with Gasteiger partial charge in [0.15, 0.2) is 5.11 Å². The lowest BCUT2D eigenvalue weighted by molar-refractivity contribution is 0.0597. The van der Waals surface area contributed by atoms with Crippen molar-refractivity contribution in [2.75, 3.05) is 7.11 Å². The zero-order chi connectivity index (χ0) is 12.8. The molecule has 0 bridgehead atoms. The molecular weight excluding hydrogens is 242 g/mol. The summed E-state index contributed by atoms with van der Waals surface area (Å²) >= 11 is 4.56. The van der Waals surface area contributed by atoms with Crippen LogP contribution in [0.1, 0.15) is 15.9 Å². The minimum atomic E-state index is -0.625. The van der Waals surface area contributed by atoms with E-state index in [1.165, 1.54) is 25.5 Å². The van der Waals surface area contributed by atoms with Crippen LogP contribution >= 0.6 is 12.2 Å². The summed E-state index contributed by atoms with van der Waals surface area (Å²) in [5, 5.41) is 13.2. The van der Waals surface area contributed by atoms with Crippen LogP contribution in [-0.4, -0.2) is 29.5 Å². The number of benzene rings is 1. The number of hydrogen-bond acceptors (Lipinski definition) is 5. The molecular formula is C10H11N3O3S. The number of methoxy groups -OCH3 is 1. The number of nitrogens with zero attached hydrogens (tertiary/aromatic N) is 1. The van der Waals surface area contributed by atoms with Crippen LogP contribution in [0.25, 0.3) is 0 Å². The molecule has 1 aromatic rings. The summed E-state index contributed by atoms with van der Waals surface area (Å²) in [5.74, 6) is -0.781. The summed E-state index contributed by atoms with van der Waals surface area (Å²) < 4.78 is 4.51. The Morgan fingerprint density at radius 3 is 2.94 bits per heavy atom. The van der Waals surface area contributed by atoms with Crippen molar-refractivity contribution >= 4 is 29.5 Å². The first-order valence-electron chi connectivity index (χ1n) is 4.54. The number of carbonyl (C=O) groups excluding carboxylic acids is 1. The van der Waals surface area contributed by atoms with Crippen molar-refractivity contribution in [3.63, 3.8) is 0 Å². The van der Waals surface area contributed by atoms with Gasteiger partial charge >= 0.3 is 5.97 Å². The Labute approximate surface area is 103 Å². The van der Waals surface area contributed by atoms with Crippen molar-refractivity contribution < 1.29 is 14.6 Å². The van der Waals surface area contributed by atoms with E-state index >= 15 is 0 Å². The lowest BCUT2D eigenvalue weighted by atomic mass is 10.1. The average molecular weight is 253 g/mol. The first-order chi connectivity index (χ1) is 8.04. The molecule has 1 rings (SSSR count). The molecule has 0 heterocycles. The van der Waals surface area contributed by atoms with Gasteiger partial charge in [-0.05, 0) is 36.0 Å². The number of nitrogens with one attached hydrogen (secondary N) is 1. The van der Waals surface area contributed by atoms with Gasteiger partial charge in [-0.3, -0.25) is 5.43 Å². The third-order valence-electron chi connectivity index (χ3n) is 1.81. The van der Waals surface area contributed by atoms with Crippen molar-refractivity contribution in [1.29, 1.82) is 0 Å². The first kappa shape index (κ1) is 12.9. The molecule has 17 heavy (non-hydrogen) atoms. The van der Waals surface area contributed by atoms with Gasteiger partial charge in [0, 0.05) is 0 Å². The van der Waals surface area contributed by atoms with E-state index in [1.807, 2.05) is 0 Å². The van der Waals surface area contributed by atoms with Gasteiger partial charge < -0.3 is 15.6 Å². The number of hydrogen-bond donors (Lipinski definition) is 3. The number of carbonyl (C=O) groups is 1. The van der Waals surface area contributed by atoms with Crippen molar-refractivity contribution in [2.45, 2.75) is 0 Å². The molecule has 4 N–H and O–H groups in total. The molecule has 0 saturated heterocycles. The summed E-state index contributed by atoms with van der Waals surface area (Å²) in [6.07, 6.45) is 1.41. The Balaban J connectivity index is 2.92. The summed E-state index contributed by atoms with van der Waals surface area (Å²) in [6, 6.07) is 4.38. The van der Waals surface area contributed by atoms with Gasteiger partial charge in [-0.2, -0.15) is 5.10 Å². The summed E-state index contributed by atoms with van der Waals surface area (Å²) in [4.78, 5) is 11.3. The molecule has 0 aliphatic heterocycles. The standard InChI is InChI=1S/C10H11N3O3S/c1-16-9(15)7-4-6(2-3-8(7)14)5-12-13-10(11)17/h2-5,14H,1H3,(H3,11,13,17). The Morgan fingerprint density at radius 1 is 1.65 bits per heavy atom. The van der Waals surface area contributed by atoms with E-state index in [1.54, 1.807) is 6.07 Å². The van der Waals surface area contributed by atoms with Gasteiger partial charge in [-0.1, -0.05) is 0 Å². The summed E-state index contributed by atoms with van der Waals surface area (Å²) in [7, 11) is 1.23. The highest BCUT2D eigenvalue weighted by Crippen LogP contribution is 2.18. The molecule has 1 aromatic carbocycles. The summed E-state index contributed by atoms with van der Waals surface area (Å²) in [5.41, 5.74) is 8.20. The van der Waals surface area contributed by atoms with Gasteiger partial charge in [0.1, 0.15) is 11.3 Å². The summed E-state index contributed by atoms with van der Waals surface area (Å²) in [6.45, 7) is 0. The monoisotopic (exact) mass is 253 g/mol. The van der Waals surface area contributed by atoms with Gasteiger partial charge in [0.05, 0.1) is 13.3 Å². The first-order valence-corrected chi connectivity index (χ1v) is 4.95. The fourth-order valence-electron chi connectivity index (χ4n) is 1.08. The van der Waals surface area contributed by atoms with Gasteiger partial charge in [-0.25, -0.2) is 4.79 Å². The van der Waals surface area contributed by atoms with Crippen LogP contribution in [0.5, 0.6) is 5.75 Å². The Hall–Kier alpha value is -2.15. The third kappa shape index (κ3) is 3.72. The van der Waals surface area contributed by atoms with Crippen LogP contribution in [0.2, 0.25) is 0 Å². The molecule has 0 saturated carbocycles. The molecule has 0 radical (unpaired) electrons. The van der Waals surface area contributed by atoms with E-state index < -0.39 is 5.97 Å². The number of rotatable bonds is 3. The lowest BCUT2D eigenvalue weighted by Crippen LogP contribution is -2.24. The third-order valence-corrected chi connectivity index (χ3v) is 1.91. The van der Waals surface area contributed by atoms with Gasteiger partial charge in [-0.15, -0.1) is 0 Å². The fourth-order valence-corrected chi connectivity index (χ4v) is 1.13. The molecule has 0 spiro atoms. The SMILES string of the molecule is COC(=O)c1cc(C=NNC(N)=S)ccc1O. The Bertz CT molecular complexity index is 474. The second-order valence-corrected chi connectivity index (χ2v) is 3.44. The topological polar surface area (TPSA) is 96.9 Å². The smallest absolute Gasteiger partial charge is 0.341 e. The van der Waals surface area contributed by atoms with Crippen LogP contribution < -0.4 is 11.2 Å². The molecule has 6 nitrogen and oxygen atoms in total. The highest BCUT2D eigenvalue weighted by atomic mass is 32.1. The molecule has 0 aromatic heterocycles. The van der Waals surface area contributed by atoms with Crippen molar-refractivity contribution in [2.24, 2.45) is 10.8 Å². The zero-order valence-corrected chi connectivity index (χ0v) is 9.82. The zero-order valence-electron chi connectivity index (χ0n) is 9.01. The Kier molecular flexibility index (Phi) is 4.41. The number of ether oxygens (including phenoxy) is 1. The number of phenolic OH excluding ortho intramolecular Hbond substituents is 1. The molecule has 0 fully saturated rings. The van der Waals surface area contributed by atoms with Crippen molar-refractivity contribution in [3.8, 4) is 5.75 Å². The minimum absolute atomic E-state index is 0.0354. The molecule has 0 unspecified atom stereocenters. The number of thiocarbonyl (C=S) groups is 1. The highest BCUT2D eigenvalue weighted by molar-refractivity contribution is 7.80. The second-order valence-electron chi connectivity index (χ2n) is 3.00. The van der Waals surface area contributed by atoms with Crippen LogP contribution in [0.3, 0.4) is 0 Å². The maximum atomic E-state index is 11.3. The van der Waals surface area contributed by atoms with Crippen LogP contribution in [0, 0.1) is 0 Å². The molecule has 0 atom stereocenters. The number of phenols is 1. The normalized spacial score (nSPS) is 10.2. The fraction of sp³-hybridized carbons (Fsp3) is 0.100. The predicted molar refractivity (Wildman–Crippen MR) is 67.0 cm³/mol. The minimum Gasteiger partial charge on any atom is -0.507 e.